The molecule has 128 valence electrons. The lowest BCUT2D eigenvalue weighted by molar-refractivity contribution is 0.372. The highest BCUT2D eigenvalue weighted by atomic mass is 32.2. The van der Waals surface area contributed by atoms with Gasteiger partial charge in [0.1, 0.15) is 4.21 Å². The summed E-state index contributed by atoms with van der Waals surface area (Å²) in [6, 6.07) is 3.37. The van der Waals surface area contributed by atoms with Crippen molar-refractivity contribution < 1.29 is 16.8 Å². The fourth-order valence-electron chi connectivity index (χ4n) is 1.87. The number of hydrogen-bond donors (Lipinski definition) is 1. The van der Waals surface area contributed by atoms with E-state index in [1.54, 1.807) is 12.1 Å². The van der Waals surface area contributed by atoms with Crippen LogP contribution in [0.25, 0.3) is 0 Å². The minimum Gasteiger partial charge on any atom is -0.213 e. The lowest BCUT2D eigenvalue weighted by atomic mass is 10.2. The van der Waals surface area contributed by atoms with Crippen LogP contribution < -0.4 is 4.72 Å². The van der Waals surface area contributed by atoms with E-state index in [9.17, 15) is 16.8 Å². The molecule has 0 radical (unpaired) electrons. The van der Waals surface area contributed by atoms with E-state index in [2.05, 4.69) is 4.72 Å². The van der Waals surface area contributed by atoms with E-state index in [0.717, 1.165) is 17.6 Å². The van der Waals surface area contributed by atoms with Crippen molar-refractivity contribution in [1.82, 2.24) is 9.03 Å². The van der Waals surface area contributed by atoms with Gasteiger partial charge < -0.3 is 0 Å². The molecule has 0 fully saturated rings. The molecule has 0 aliphatic heterocycles. The second kappa shape index (κ2) is 7.87. The fourth-order valence-corrected chi connectivity index (χ4v) is 5.22. The first-order chi connectivity index (χ1) is 10.1. The van der Waals surface area contributed by atoms with Crippen LogP contribution >= 0.6 is 11.3 Å². The maximum atomic E-state index is 12.1. The van der Waals surface area contributed by atoms with Crippen molar-refractivity contribution in [2.24, 2.45) is 5.92 Å². The van der Waals surface area contributed by atoms with E-state index in [1.807, 2.05) is 20.8 Å². The van der Waals surface area contributed by atoms with E-state index in [0.29, 0.717) is 6.54 Å². The van der Waals surface area contributed by atoms with Crippen LogP contribution in [0.3, 0.4) is 0 Å². The Morgan fingerprint density at radius 1 is 1.23 bits per heavy atom. The van der Waals surface area contributed by atoms with E-state index in [4.69, 9.17) is 0 Å². The largest absolute Gasteiger partial charge is 0.250 e. The predicted molar refractivity (Wildman–Crippen MR) is 90.1 cm³/mol. The number of hydrogen-bond acceptors (Lipinski definition) is 5. The second-order valence-corrected chi connectivity index (χ2v) is 10.6. The van der Waals surface area contributed by atoms with Gasteiger partial charge in [0.15, 0.2) is 0 Å². The molecule has 0 saturated carbocycles. The van der Waals surface area contributed by atoms with Crippen molar-refractivity contribution in [3.63, 3.8) is 0 Å². The van der Waals surface area contributed by atoms with E-state index in [-0.39, 0.29) is 23.2 Å². The quantitative estimate of drug-likeness (QED) is 0.716. The molecule has 0 atom stereocenters. The normalized spacial score (nSPS) is 13.2. The Balaban J connectivity index is 2.67. The van der Waals surface area contributed by atoms with Crippen LogP contribution in [0.15, 0.2) is 16.3 Å². The zero-order chi connectivity index (χ0) is 17.0. The van der Waals surface area contributed by atoms with Crippen molar-refractivity contribution in [1.29, 1.82) is 0 Å². The van der Waals surface area contributed by atoms with Gasteiger partial charge >= 0.3 is 0 Å². The van der Waals surface area contributed by atoms with Gasteiger partial charge in [-0.3, -0.25) is 0 Å². The summed E-state index contributed by atoms with van der Waals surface area (Å²) in [5, 5.41) is 0. The number of rotatable bonds is 9. The first-order valence-electron chi connectivity index (χ1n) is 7.09. The zero-order valence-corrected chi connectivity index (χ0v) is 15.8. The van der Waals surface area contributed by atoms with Crippen LogP contribution in [0.5, 0.6) is 0 Å². The molecule has 0 spiro atoms. The fraction of sp³-hybridized carbons (Fsp3) is 0.692. The Labute approximate surface area is 137 Å². The summed E-state index contributed by atoms with van der Waals surface area (Å²) in [5.41, 5.74) is 0. The predicted octanol–water partition coefficient (Wildman–Crippen LogP) is 1.51. The summed E-state index contributed by atoms with van der Waals surface area (Å²) >= 11 is 1.23. The van der Waals surface area contributed by atoms with Gasteiger partial charge in [-0.2, -0.15) is 0 Å². The standard InChI is InChI=1S/C13H24N2O4S3/c1-5-12-6-7-13(20-12)22(18,19)14-8-9-15(10-11(2)3)21(4,16)17/h6-7,11,14H,5,8-10H2,1-4H3. The Morgan fingerprint density at radius 2 is 1.86 bits per heavy atom. The minimum atomic E-state index is -3.57. The molecule has 0 aliphatic carbocycles. The lowest BCUT2D eigenvalue weighted by Gasteiger charge is -2.21. The van der Waals surface area contributed by atoms with Gasteiger partial charge in [-0.25, -0.2) is 25.9 Å². The Kier molecular flexibility index (Phi) is 7.00. The topological polar surface area (TPSA) is 83.6 Å². The summed E-state index contributed by atoms with van der Waals surface area (Å²) in [6.45, 7) is 6.36. The first-order valence-corrected chi connectivity index (χ1v) is 11.2. The summed E-state index contributed by atoms with van der Waals surface area (Å²) in [5.74, 6) is 0.177. The van der Waals surface area contributed by atoms with Crippen LogP contribution in [0.2, 0.25) is 0 Å². The van der Waals surface area contributed by atoms with Gasteiger partial charge in [-0.1, -0.05) is 20.8 Å². The summed E-state index contributed by atoms with van der Waals surface area (Å²) < 4.78 is 51.7. The molecule has 1 N–H and O–H groups in total. The van der Waals surface area contributed by atoms with Crippen LogP contribution in [-0.2, 0) is 26.5 Å². The van der Waals surface area contributed by atoms with Gasteiger partial charge in [0.2, 0.25) is 20.0 Å². The molecule has 1 aromatic rings. The van der Waals surface area contributed by atoms with Gasteiger partial charge in [0.05, 0.1) is 6.26 Å². The monoisotopic (exact) mass is 368 g/mol. The molecule has 0 aliphatic rings. The molecule has 0 aromatic carbocycles. The van der Waals surface area contributed by atoms with Crippen LogP contribution in [0, 0.1) is 5.92 Å². The molecule has 1 heterocycles. The van der Waals surface area contributed by atoms with E-state index >= 15 is 0 Å². The molecule has 6 nitrogen and oxygen atoms in total. The number of sulfonamides is 2. The average Bonchev–Trinajstić information content (AvgIpc) is 2.85. The Morgan fingerprint density at radius 3 is 2.32 bits per heavy atom. The number of aryl methyl sites for hydroxylation is 1. The third-order valence-corrected chi connectivity index (χ3v) is 7.39. The highest BCUT2D eigenvalue weighted by Crippen LogP contribution is 2.21. The molecule has 0 unspecified atom stereocenters. The number of nitrogens with zero attached hydrogens (tertiary/aromatic N) is 1. The Hall–Kier alpha value is -0.480. The first kappa shape index (κ1) is 19.6. The van der Waals surface area contributed by atoms with Crippen molar-refractivity contribution in [2.45, 2.75) is 31.4 Å². The molecule has 0 saturated heterocycles. The zero-order valence-electron chi connectivity index (χ0n) is 13.4. The van der Waals surface area contributed by atoms with Crippen molar-refractivity contribution >= 4 is 31.4 Å². The van der Waals surface area contributed by atoms with Crippen LogP contribution in [0.1, 0.15) is 25.6 Å². The van der Waals surface area contributed by atoms with Gasteiger partial charge in [-0.15, -0.1) is 11.3 Å². The van der Waals surface area contributed by atoms with Crippen molar-refractivity contribution in [3.05, 3.63) is 17.0 Å². The molecule has 1 rings (SSSR count). The maximum Gasteiger partial charge on any atom is 0.250 e. The highest BCUT2D eigenvalue weighted by molar-refractivity contribution is 7.91. The molecule has 9 heteroatoms. The van der Waals surface area contributed by atoms with E-state index < -0.39 is 20.0 Å². The summed E-state index contributed by atoms with van der Waals surface area (Å²) in [6.07, 6.45) is 1.92. The average molecular weight is 369 g/mol. The van der Waals surface area contributed by atoms with Gasteiger partial charge in [-0.05, 0) is 24.5 Å². The van der Waals surface area contributed by atoms with E-state index in [1.165, 1.54) is 15.6 Å². The molecule has 22 heavy (non-hydrogen) atoms. The lowest BCUT2D eigenvalue weighted by Crippen LogP contribution is -2.39. The SMILES string of the molecule is CCc1ccc(S(=O)(=O)NCCN(CC(C)C)S(C)(=O)=O)s1. The van der Waals surface area contributed by atoms with Crippen molar-refractivity contribution in [2.75, 3.05) is 25.9 Å². The van der Waals surface area contributed by atoms with Crippen molar-refractivity contribution in [3.8, 4) is 0 Å². The van der Waals surface area contributed by atoms with Crippen LogP contribution in [0.4, 0.5) is 0 Å². The second-order valence-electron chi connectivity index (χ2n) is 5.49. The third kappa shape index (κ3) is 5.96. The number of thiophene rings is 1. The third-order valence-electron chi connectivity index (χ3n) is 2.94. The smallest absolute Gasteiger partial charge is 0.213 e. The molecule has 1 aromatic heterocycles. The maximum absolute atomic E-state index is 12.1. The Bertz CT molecular complexity index is 678. The van der Waals surface area contributed by atoms with Gasteiger partial charge in [0, 0.05) is 24.5 Å². The number of nitrogens with one attached hydrogen (secondary N) is 1. The molecule has 0 bridgehead atoms. The summed E-state index contributed by atoms with van der Waals surface area (Å²) in [7, 11) is -6.91. The minimum absolute atomic E-state index is 0.0570. The molecule has 0 amide bonds. The van der Waals surface area contributed by atoms with Gasteiger partial charge in [0.25, 0.3) is 0 Å². The highest BCUT2D eigenvalue weighted by Gasteiger charge is 2.20. The molecular formula is C13H24N2O4S3. The van der Waals surface area contributed by atoms with Crippen LogP contribution in [-0.4, -0.2) is 47.0 Å². The summed E-state index contributed by atoms with van der Waals surface area (Å²) in [4.78, 5) is 0.998. The molecular weight excluding hydrogens is 344 g/mol.